The zero-order valence-corrected chi connectivity index (χ0v) is 18.6. The number of amides is 1. The maximum atomic E-state index is 14.5. The van der Waals surface area contributed by atoms with Gasteiger partial charge in [-0.05, 0) is 48.9 Å². The maximum Gasteiger partial charge on any atom is 0.339 e. The van der Waals surface area contributed by atoms with Crippen molar-refractivity contribution in [1.29, 1.82) is 0 Å². The third-order valence-electron chi connectivity index (χ3n) is 5.52. The molecule has 0 aliphatic carbocycles. The predicted molar refractivity (Wildman–Crippen MR) is 119 cm³/mol. The van der Waals surface area contributed by atoms with Gasteiger partial charge in [-0.15, -0.1) is 0 Å². The summed E-state index contributed by atoms with van der Waals surface area (Å²) in [6, 6.07) is 9.08. The molecule has 6 nitrogen and oxygen atoms in total. The van der Waals surface area contributed by atoms with Gasteiger partial charge >= 0.3 is 5.97 Å². The molecule has 2 aromatic rings. The molecule has 1 aliphatic heterocycles. The number of benzene rings is 1. The molecule has 0 radical (unpaired) electrons. The number of esters is 1. The lowest BCUT2D eigenvalue weighted by Gasteiger charge is -2.32. The van der Waals surface area contributed by atoms with Crippen molar-refractivity contribution in [1.82, 2.24) is 4.98 Å². The first kappa shape index (κ1) is 22.7. The van der Waals surface area contributed by atoms with Gasteiger partial charge in [-0.2, -0.15) is 0 Å². The third kappa shape index (κ3) is 5.60. The summed E-state index contributed by atoms with van der Waals surface area (Å²) >= 11 is 0. The molecule has 31 heavy (non-hydrogen) atoms. The van der Waals surface area contributed by atoms with Crippen LogP contribution in [0.3, 0.4) is 0 Å². The molecule has 3 rings (SSSR count). The topological polar surface area (TPSA) is 71.5 Å². The first-order valence-corrected chi connectivity index (χ1v) is 10.7. The summed E-state index contributed by atoms with van der Waals surface area (Å²) in [6.45, 7) is 9.40. The van der Waals surface area contributed by atoms with Crippen molar-refractivity contribution < 1.29 is 18.7 Å². The fourth-order valence-corrected chi connectivity index (χ4v) is 3.64. The van der Waals surface area contributed by atoms with Gasteiger partial charge in [0.05, 0.1) is 12.2 Å². The van der Waals surface area contributed by atoms with Gasteiger partial charge in [0.2, 0.25) is 5.91 Å². The third-order valence-corrected chi connectivity index (χ3v) is 5.52. The van der Waals surface area contributed by atoms with Gasteiger partial charge in [-0.3, -0.25) is 4.79 Å². The van der Waals surface area contributed by atoms with Crippen molar-refractivity contribution in [2.24, 2.45) is 5.92 Å². The molecular weight excluding hydrogens is 397 g/mol. The summed E-state index contributed by atoms with van der Waals surface area (Å²) in [4.78, 5) is 30.3. The van der Waals surface area contributed by atoms with Crippen molar-refractivity contribution in [3.8, 4) is 0 Å². The number of hydrogen-bond acceptors (Lipinski definition) is 5. The summed E-state index contributed by atoms with van der Waals surface area (Å²) in [5.41, 5.74) is 2.15. The molecule has 1 aromatic heterocycles. The predicted octanol–water partition coefficient (Wildman–Crippen LogP) is 4.55. The van der Waals surface area contributed by atoms with E-state index < -0.39 is 11.8 Å². The van der Waals surface area contributed by atoms with E-state index in [9.17, 15) is 14.0 Å². The van der Waals surface area contributed by atoms with E-state index in [1.807, 2.05) is 29.2 Å². The lowest BCUT2D eigenvalue weighted by atomic mass is 9.87. The van der Waals surface area contributed by atoms with E-state index in [-0.39, 0.29) is 35.2 Å². The number of carbonyl (C=O) groups is 2. The number of anilines is 2. The van der Waals surface area contributed by atoms with Gasteiger partial charge in [0.15, 0.2) is 11.6 Å². The van der Waals surface area contributed by atoms with Crippen molar-refractivity contribution in [3.05, 3.63) is 53.5 Å². The van der Waals surface area contributed by atoms with Crippen LogP contribution >= 0.6 is 0 Å². The van der Waals surface area contributed by atoms with Crippen LogP contribution in [0.25, 0.3) is 0 Å². The molecule has 0 saturated carbocycles. The first-order chi connectivity index (χ1) is 14.7. The van der Waals surface area contributed by atoms with Crippen LogP contribution in [-0.2, 0) is 14.9 Å². The van der Waals surface area contributed by atoms with E-state index in [1.165, 1.54) is 11.8 Å². The molecule has 1 aromatic carbocycles. The molecule has 1 amide bonds. The Labute approximate surface area is 182 Å². The molecule has 0 atom stereocenters. The van der Waals surface area contributed by atoms with E-state index in [2.05, 4.69) is 31.1 Å². The average molecular weight is 428 g/mol. The number of piperidine rings is 1. The smallest absolute Gasteiger partial charge is 0.339 e. The van der Waals surface area contributed by atoms with Crippen LogP contribution in [0.15, 0.2) is 36.5 Å². The van der Waals surface area contributed by atoms with Gasteiger partial charge in [0.1, 0.15) is 0 Å². The Morgan fingerprint density at radius 1 is 1.19 bits per heavy atom. The summed E-state index contributed by atoms with van der Waals surface area (Å²) < 4.78 is 19.4. The van der Waals surface area contributed by atoms with Crippen LogP contribution in [0, 0.1) is 11.7 Å². The minimum atomic E-state index is -0.591. The molecule has 0 spiro atoms. The molecule has 1 aliphatic rings. The van der Waals surface area contributed by atoms with Gasteiger partial charge in [-0.25, -0.2) is 14.2 Å². The Morgan fingerprint density at radius 3 is 2.39 bits per heavy atom. The average Bonchev–Trinajstić information content (AvgIpc) is 2.73. The zero-order chi connectivity index (χ0) is 22.6. The SMILES string of the molecule is CCOC(=O)c1cnc(N2CCC(C(=O)Nc3ccc(C(C)(C)C)cc3)CC2)c(F)c1. The summed E-state index contributed by atoms with van der Waals surface area (Å²) in [6.07, 6.45) is 2.54. The maximum absolute atomic E-state index is 14.5. The summed E-state index contributed by atoms with van der Waals surface area (Å²) in [7, 11) is 0. The highest BCUT2D eigenvalue weighted by Gasteiger charge is 2.27. The van der Waals surface area contributed by atoms with Crippen molar-refractivity contribution in [2.45, 2.75) is 46.0 Å². The van der Waals surface area contributed by atoms with E-state index in [0.29, 0.717) is 25.9 Å². The first-order valence-electron chi connectivity index (χ1n) is 10.7. The molecule has 1 N–H and O–H groups in total. The Bertz CT molecular complexity index is 930. The monoisotopic (exact) mass is 427 g/mol. The lowest BCUT2D eigenvalue weighted by Crippen LogP contribution is -2.39. The molecule has 1 fully saturated rings. The zero-order valence-electron chi connectivity index (χ0n) is 18.6. The number of halogens is 1. The van der Waals surface area contributed by atoms with E-state index in [1.54, 1.807) is 6.92 Å². The van der Waals surface area contributed by atoms with Crippen molar-refractivity contribution in [2.75, 3.05) is 29.9 Å². The number of nitrogens with zero attached hydrogens (tertiary/aromatic N) is 2. The molecule has 166 valence electrons. The van der Waals surface area contributed by atoms with Crippen LogP contribution in [0.4, 0.5) is 15.9 Å². The van der Waals surface area contributed by atoms with Crippen molar-refractivity contribution in [3.63, 3.8) is 0 Å². The van der Waals surface area contributed by atoms with Crippen LogP contribution in [-0.4, -0.2) is 36.6 Å². The minimum absolute atomic E-state index is 0.0192. The van der Waals surface area contributed by atoms with Gasteiger partial charge in [0, 0.05) is 30.9 Å². The number of hydrogen-bond donors (Lipinski definition) is 1. The van der Waals surface area contributed by atoms with Crippen LogP contribution in [0.1, 0.15) is 56.5 Å². The molecule has 0 bridgehead atoms. The second-order valence-electron chi connectivity index (χ2n) is 8.83. The quantitative estimate of drug-likeness (QED) is 0.709. The number of nitrogens with one attached hydrogen (secondary N) is 1. The lowest BCUT2D eigenvalue weighted by molar-refractivity contribution is -0.120. The van der Waals surface area contributed by atoms with E-state index in [4.69, 9.17) is 4.74 Å². The fraction of sp³-hybridized carbons (Fsp3) is 0.458. The Hall–Kier alpha value is -2.96. The van der Waals surface area contributed by atoms with Crippen LogP contribution in [0.5, 0.6) is 0 Å². The number of aromatic nitrogens is 1. The highest BCUT2D eigenvalue weighted by molar-refractivity contribution is 5.92. The largest absolute Gasteiger partial charge is 0.462 e. The highest BCUT2D eigenvalue weighted by atomic mass is 19.1. The second-order valence-corrected chi connectivity index (χ2v) is 8.83. The number of rotatable bonds is 5. The van der Waals surface area contributed by atoms with E-state index in [0.717, 1.165) is 11.8 Å². The normalized spacial score (nSPS) is 14.9. The Morgan fingerprint density at radius 2 is 1.84 bits per heavy atom. The number of carbonyl (C=O) groups excluding carboxylic acids is 2. The highest BCUT2D eigenvalue weighted by Crippen LogP contribution is 2.27. The van der Waals surface area contributed by atoms with Crippen molar-refractivity contribution >= 4 is 23.4 Å². The van der Waals surface area contributed by atoms with Crippen LogP contribution < -0.4 is 10.2 Å². The van der Waals surface area contributed by atoms with Gasteiger partial charge < -0.3 is 15.0 Å². The Kier molecular flexibility index (Phi) is 6.93. The number of pyridine rings is 1. The van der Waals surface area contributed by atoms with Crippen LogP contribution in [0.2, 0.25) is 0 Å². The molecular formula is C24H30FN3O3. The fourth-order valence-electron chi connectivity index (χ4n) is 3.64. The molecule has 1 saturated heterocycles. The summed E-state index contributed by atoms with van der Waals surface area (Å²) in [5.74, 6) is -1.11. The standard InChI is InChI=1S/C24H30FN3O3/c1-5-31-23(30)17-14-20(25)21(26-15-17)28-12-10-16(11-13-28)22(29)27-19-8-6-18(7-9-19)24(2,3)4/h6-9,14-16H,5,10-13H2,1-4H3,(H,27,29). The van der Waals surface area contributed by atoms with Gasteiger partial charge in [0.25, 0.3) is 0 Å². The number of ether oxygens (including phenoxy) is 1. The Balaban J connectivity index is 1.56. The summed E-state index contributed by atoms with van der Waals surface area (Å²) in [5, 5.41) is 2.99. The molecule has 7 heteroatoms. The molecule has 0 unspecified atom stereocenters. The van der Waals surface area contributed by atoms with E-state index >= 15 is 0 Å². The second kappa shape index (κ2) is 9.45. The minimum Gasteiger partial charge on any atom is -0.462 e. The van der Waals surface area contributed by atoms with Gasteiger partial charge in [-0.1, -0.05) is 32.9 Å². The molecule has 2 heterocycles.